The molecule has 22 heavy (non-hydrogen) atoms. The average Bonchev–Trinajstić information content (AvgIpc) is 2.89. The minimum Gasteiger partial charge on any atom is -0.454 e. The van der Waals surface area contributed by atoms with E-state index in [0.717, 1.165) is 6.42 Å². The molecule has 0 bridgehead atoms. The molecule has 124 valence electrons. The monoisotopic (exact) mass is 429 g/mol. The van der Waals surface area contributed by atoms with Gasteiger partial charge in [-0.2, -0.15) is 8.78 Å². The van der Waals surface area contributed by atoms with E-state index in [4.69, 9.17) is 15.2 Å². The second-order valence-electron chi connectivity index (χ2n) is 4.32. The molecule has 0 aromatic heterocycles. The van der Waals surface area contributed by atoms with E-state index in [1.165, 1.54) is 6.07 Å². The van der Waals surface area contributed by atoms with Crippen molar-refractivity contribution in [2.24, 2.45) is 10.7 Å². The van der Waals surface area contributed by atoms with Gasteiger partial charge in [0.25, 0.3) is 0 Å². The van der Waals surface area contributed by atoms with Crippen molar-refractivity contribution in [1.82, 2.24) is 5.32 Å². The van der Waals surface area contributed by atoms with Gasteiger partial charge in [-0.15, -0.1) is 24.0 Å². The van der Waals surface area contributed by atoms with Gasteiger partial charge in [0.2, 0.25) is 6.79 Å². The Balaban J connectivity index is 0.00000242. The van der Waals surface area contributed by atoms with Gasteiger partial charge in [-0.05, 0) is 12.5 Å². The number of benzene rings is 1. The Labute approximate surface area is 144 Å². The Hall–Kier alpha value is -1.52. The molecule has 0 unspecified atom stereocenters. The molecule has 0 aliphatic carbocycles. The molecule has 0 radical (unpaired) electrons. The van der Waals surface area contributed by atoms with Gasteiger partial charge in [0.1, 0.15) is 5.75 Å². The SMILES string of the molecule is CCCNC(N)=NCc1cc2c(cc1OC(F)F)OCO2.I. The summed E-state index contributed by atoms with van der Waals surface area (Å²) in [5.74, 6) is 1.09. The number of nitrogens with zero attached hydrogens (tertiary/aromatic N) is 1. The maximum Gasteiger partial charge on any atom is 0.387 e. The normalized spacial score (nSPS) is 13.0. The van der Waals surface area contributed by atoms with E-state index in [-0.39, 0.29) is 49.0 Å². The molecule has 0 fully saturated rings. The molecule has 6 nitrogen and oxygen atoms in total. The topological polar surface area (TPSA) is 78.1 Å². The van der Waals surface area contributed by atoms with Crippen molar-refractivity contribution in [2.75, 3.05) is 13.3 Å². The Bertz CT molecular complexity index is 529. The Morgan fingerprint density at radius 2 is 2.09 bits per heavy atom. The fraction of sp³-hybridized carbons (Fsp3) is 0.462. The van der Waals surface area contributed by atoms with Crippen LogP contribution in [0.4, 0.5) is 8.78 Å². The number of guanidine groups is 1. The van der Waals surface area contributed by atoms with Crippen LogP contribution >= 0.6 is 24.0 Å². The molecule has 1 aromatic carbocycles. The standard InChI is InChI=1S/C13H17F2N3O3.HI/c1-2-3-17-13(16)18-6-8-4-10-11(20-7-19-10)5-9(8)21-12(14)15;/h4-5,12H,2-3,6-7H2,1H3,(H3,16,17,18);1H. The zero-order valence-electron chi connectivity index (χ0n) is 12.0. The third-order valence-corrected chi connectivity index (χ3v) is 2.75. The predicted octanol–water partition coefficient (Wildman–Crippen LogP) is 2.45. The van der Waals surface area contributed by atoms with E-state index in [1.807, 2.05) is 6.92 Å². The Morgan fingerprint density at radius 3 is 2.73 bits per heavy atom. The third kappa shape index (κ3) is 5.04. The van der Waals surface area contributed by atoms with Gasteiger partial charge in [0.15, 0.2) is 17.5 Å². The number of ether oxygens (including phenoxy) is 3. The fourth-order valence-corrected chi connectivity index (χ4v) is 1.77. The Kier molecular flexibility index (Phi) is 7.42. The van der Waals surface area contributed by atoms with Crippen LogP contribution in [-0.2, 0) is 6.54 Å². The summed E-state index contributed by atoms with van der Waals surface area (Å²) in [5.41, 5.74) is 6.11. The molecule has 0 saturated carbocycles. The van der Waals surface area contributed by atoms with Gasteiger partial charge in [0, 0.05) is 18.2 Å². The van der Waals surface area contributed by atoms with Crippen molar-refractivity contribution in [3.05, 3.63) is 17.7 Å². The van der Waals surface area contributed by atoms with Crippen LogP contribution in [0.1, 0.15) is 18.9 Å². The molecule has 1 aliphatic rings. The summed E-state index contributed by atoms with van der Waals surface area (Å²) >= 11 is 0. The highest BCUT2D eigenvalue weighted by atomic mass is 127. The number of nitrogens with two attached hydrogens (primary N) is 1. The highest BCUT2D eigenvalue weighted by Crippen LogP contribution is 2.38. The van der Waals surface area contributed by atoms with Crippen molar-refractivity contribution in [3.8, 4) is 17.2 Å². The van der Waals surface area contributed by atoms with Gasteiger partial charge in [-0.3, -0.25) is 0 Å². The summed E-state index contributed by atoms with van der Waals surface area (Å²) in [7, 11) is 0. The molecule has 1 aliphatic heterocycles. The molecule has 0 atom stereocenters. The lowest BCUT2D eigenvalue weighted by molar-refractivity contribution is -0.0504. The molecular weight excluding hydrogens is 411 g/mol. The summed E-state index contributed by atoms with van der Waals surface area (Å²) in [5, 5.41) is 2.90. The van der Waals surface area contributed by atoms with E-state index >= 15 is 0 Å². The summed E-state index contributed by atoms with van der Waals surface area (Å²) in [6, 6.07) is 2.94. The van der Waals surface area contributed by atoms with E-state index in [2.05, 4.69) is 15.0 Å². The minimum atomic E-state index is -2.93. The lowest BCUT2D eigenvalue weighted by Crippen LogP contribution is -2.32. The van der Waals surface area contributed by atoms with Crippen LogP contribution in [-0.4, -0.2) is 25.9 Å². The largest absolute Gasteiger partial charge is 0.454 e. The van der Waals surface area contributed by atoms with Crippen LogP contribution < -0.4 is 25.3 Å². The van der Waals surface area contributed by atoms with Gasteiger partial charge in [-0.1, -0.05) is 6.92 Å². The fourth-order valence-electron chi connectivity index (χ4n) is 1.77. The van der Waals surface area contributed by atoms with Gasteiger partial charge in [-0.25, -0.2) is 4.99 Å². The van der Waals surface area contributed by atoms with Crippen molar-refractivity contribution in [1.29, 1.82) is 0 Å². The molecule has 1 heterocycles. The molecule has 1 aromatic rings. The molecule has 0 saturated heterocycles. The lowest BCUT2D eigenvalue weighted by Gasteiger charge is -2.11. The first-order chi connectivity index (χ1) is 10.1. The number of aliphatic imine (C=N–C) groups is 1. The average molecular weight is 429 g/mol. The number of alkyl halides is 2. The van der Waals surface area contributed by atoms with Crippen LogP contribution in [0.25, 0.3) is 0 Å². The van der Waals surface area contributed by atoms with Crippen LogP contribution in [0.5, 0.6) is 17.2 Å². The van der Waals surface area contributed by atoms with Crippen LogP contribution in [0, 0.1) is 0 Å². The zero-order valence-corrected chi connectivity index (χ0v) is 14.3. The van der Waals surface area contributed by atoms with Crippen LogP contribution in [0.3, 0.4) is 0 Å². The van der Waals surface area contributed by atoms with E-state index in [9.17, 15) is 8.78 Å². The number of halogens is 3. The van der Waals surface area contributed by atoms with Crippen molar-refractivity contribution in [2.45, 2.75) is 26.5 Å². The predicted molar refractivity (Wildman–Crippen MR) is 88.2 cm³/mol. The summed E-state index contributed by atoms with van der Waals surface area (Å²) < 4.78 is 39.7. The van der Waals surface area contributed by atoms with Gasteiger partial charge >= 0.3 is 6.61 Å². The lowest BCUT2D eigenvalue weighted by atomic mass is 10.1. The first-order valence-electron chi connectivity index (χ1n) is 6.51. The highest BCUT2D eigenvalue weighted by molar-refractivity contribution is 14.0. The zero-order chi connectivity index (χ0) is 15.2. The minimum absolute atomic E-state index is 0. The summed E-state index contributed by atoms with van der Waals surface area (Å²) in [6.45, 7) is -0.0927. The maximum atomic E-state index is 12.5. The first-order valence-corrected chi connectivity index (χ1v) is 6.51. The molecular formula is C13H18F2IN3O3. The molecule has 3 N–H and O–H groups in total. The van der Waals surface area contributed by atoms with E-state index in [1.54, 1.807) is 6.07 Å². The summed E-state index contributed by atoms with van der Waals surface area (Å²) in [4.78, 5) is 4.09. The second kappa shape index (κ2) is 8.81. The summed E-state index contributed by atoms with van der Waals surface area (Å²) in [6.07, 6.45) is 0.903. The first kappa shape index (κ1) is 18.5. The van der Waals surface area contributed by atoms with Crippen LogP contribution in [0.2, 0.25) is 0 Å². The van der Waals surface area contributed by atoms with E-state index < -0.39 is 6.61 Å². The number of hydrogen-bond acceptors (Lipinski definition) is 4. The quantitative estimate of drug-likeness (QED) is 0.413. The molecule has 0 amide bonds. The number of fused-ring (bicyclic) bond motifs is 1. The number of rotatable bonds is 6. The van der Waals surface area contributed by atoms with Crippen molar-refractivity contribution < 1.29 is 23.0 Å². The van der Waals surface area contributed by atoms with Crippen molar-refractivity contribution >= 4 is 29.9 Å². The number of nitrogens with one attached hydrogen (secondary N) is 1. The van der Waals surface area contributed by atoms with E-state index in [0.29, 0.717) is 23.6 Å². The molecule has 0 spiro atoms. The van der Waals surface area contributed by atoms with Crippen LogP contribution in [0.15, 0.2) is 17.1 Å². The highest BCUT2D eigenvalue weighted by Gasteiger charge is 2.19. The number of hydrogen-bond donors (Lipinski definition) is 2. The molecule has 2 rings (SSSR count). The van der Waals surface area contributed by atoms with Gasteiger partial charge in [0.05, 0.1) is 6.54 Å². The van der Waals surface area contributed by atoms with Gasteiger partial charge < -0.3 is 25.3 Å². The molecule has 9 heteroatoms. The Morgan fingerprint density at radius 1 is 1.41 bits per heavy atom. The third-order valence-electron chi connectivity index (χ3n) is 2.75. The second-order valence-corrected chi connectivity index (χ2v) is 4.32. The maximum absolute atomic E-state index is 12.5. The van der Waals surface area contributed by atoms with Crippen molar-refractivity contribution in [3.63, 3.8) is 0 Å². The smallest absolute Gasteiger partial charge is 0.387 e.